The fourth-order valence-corrected chi connectivity index (χ4v) is 3.77. The lowest BCUT2D eigenvalue weighted by Crippen LogP contribution is -2.40. The average molecular weight is 408 g/mol. The minimum Gasteiger partial charge on any atom is -0.383 e. The second-order valence-electron chi connectivity index (χ2n) is 5.03. The number of hydrogen-bond acceptors (Lipinski definition) is 5. The summed E-state index contributed by atoms with van der Waals surface area (Å²) in [5.41, 5.74) is 0.646. The second kappa shape index (κ2) is 10.0. The SMILES string of the molecule is COCCN(CCOC)C(=O)CS(=O)(=O)Cc1cccc(Br)c1. The lowest BCUT2D eigenvalue weighted by molar-refractivity contribution is -0.129. The number of benzene rings is 1. The molecule has 0 saturated heterocycles. The Morgan fingerprint density at radius 2 is 1.78 bits per heavy atom. The molecule has 0 aromatic heterocycles. The maximum atomic E-state index is 12.3. The molecule has 0 aliphatic carbocycles. The van der Waals surface area contributed by atoms with E-state index in [-0.39, 0.29) is 5.75 Å². The zero-order valence-electron chi connectivity index (χ0n) is 13.3. The molecule has 0 fully saturated rings. The smallest absolute Gasteiger partial charge is 0.237 e. The van der Waals surface area contributed by atoms with Crippen LogP contribution in [0.2, 0.25) is 0 Å². The van der Waals surface area contributed by atoms with E-state index in [4.69, 9.17) is 9.47 Å². The van der Waals surface area contributed by atoms with Crippen LogP contribution in [0.15, 0.2) is 28.7 Å². The quantitative estimate of drug-likeness (QED) is 0.587. The van der Waals surface area contributed by atoms with Crippen LogP contribution in [0.4, 0.5) is 0 Å². The van der Waals surface area contributed by atoms with Crippen LogP contribution in [0, 0.1) is 0 Å². The van der Waals surface area contributed by atoms with Crippen LogP contribution in [-0.4, -0.2) is 65.5 Å². The first-order chi connectivity index (χ1) is 10.9. The van der Waals surface area contributed by atoms with Crippen molar-refractivity contribution < 1.29 is 22.7 Å². The Hall–Kier alpha value is -0.960. The number of hydrogen-bond donors (Lipinski definition) is 0. The number of amides is 1. The molecule has 0 atom stereocenters. The minimum absolute atomic E-state index is 0.166. The van der Waals surface area contributed by atoms with E-state index < -0.39 is 21.5 Å². The maximum Gasteiger partial charge on any atom is 0.237 e. The third-order valence-electron chi connectivity index (χ3n) is 3.10. The van der Waals surface area contributed by atoms with E-state index in [0.717, 1.165) is 4.47 Å². The first-order valence-electron chi connectivity index (χ1n) is 7.08. The summed E-state index contributed by atoms with van der Waals surface area (Å²) >= 11 is 3.30. The highest BCUT2D eigenvalue weighted by Gasteiger charge is 2.22. The van der Waals surface area contributed by atoms with E-state index in [0.29, 0.717) is 31.9 Å². The van der Waals surface area contributed by atoms with Gasteiger partial charge in [-0.25, -0.2) is 8.42 Å². The molecule has 1 rings (SSSR count). The van der Waals surface area contributed by atoms with Gasteiger partial charge in [0.15, 0.2) is 9.84 Å². The molecular formula is C15H22BrNO5S. The number of ether oxygens (including phenoxy) is 2. The molecule has 1 aromatic rings. The van der Waals surface area contributed by atoms with Gasteiger partial charge in [-0.05, 0) is 17.7 Å². The molecule has 6 nitrogen and oxygen atoms in total. The van der Waals surface area contributed by atoms with Gasteiger partial charge >= 0.3 is 0 Å². The zero-order chi connectivity index (χ0) is 17.3. The van der Waals surface area contributed by atoms with Crippen LogP contribution in [0.25, 0.3) is 0 Å². The first kappa shape index (κ1) is 20.1. The molecular weight excluding hydrogens is 386 g/mol. The Kier molecular flexibility index (Phi) is 8.75. The summed E-state index contributed by atoms with van der Waals surface area (Å²) in [6.45, 7) is 1.37. The highest BCUT2D eigenvalue weighted by atomic mass is 79.9. The van der Waals surface area contributed by atoms with Crippen molar-refractivity contribution in [3.05, 3.63) is 34.3 Å². The molecule has 1 amide bonds. The molecule has 0 saturated carbocycles. The third-order valence-corrected chi connectivity index (χ3v) is 5.06. The lowest BCUT2D eigenvalue weighted by Gasteiger charge is -2.22. The topological polar surface area (TPSA) is 72.9 Å². The van der Waals surface area contributed by atoms with Gasteiger partial charge in [-0.15, -0.1) is 0 Å². The molecule has 1 aromatic carbocycles. The first-order valence-corrected chi connectivity index (χ1v) is 9.70. The second-order valence-corrected chi connectivity index (χ2v) is 8.01. The van der Waals surface area contributed by atoms with Gasteiger partial charge in [0.25, 0.3) is 0 Å². The predicted molar refractivity (Wildman–Crippen MR) is 92.0 cm³/mol. The maximum absolute atomic E-state index is 12.3. The van der Waals surface area contributed by atoms with E-state index >= 15 is 0 Å². The van der Waals surface area contributed by atoms with Crippen molar-refractivity contribution in [1.29, 1.82) is 0 Å². The molecule has 0 aliphatic heterocycles. The summed E-state index contributed by atoms with van der Waals surface area (Å²) in [5.74, 6) is -1.12. The van der Waals surface area contributed by atoms with E-state index in [1.54, 1.807) is 18.2 Å². The number of nitrogens with zero attached hydrogens (tertiary/aromatic N) is 1. The van der Waals surface area contributed by atoms with Crippen molar-refractivity contribution in [2.24, 2.45) is 0 Å². The Labute approximate surface area is 145 Å². The Morgan fingerprint density at radius 1 is 1.17 bits per heavy atom. The van der Waals surface area contributed by atoms with Crippen LogP contribution in [0.5, 0.6) is 0 Å². The summed E-state index contributed by atoms with van der Waals surface area (Å²) < 4.78 is 35.2. The monoisotopic (exact) mass is 407 g/mol. The van der Waals surface area contributed by atoms with Crippen molar-refractivity contribution in [1.82, 2.24) is 4.90 Å². The normalized spacial score (nSPS) is 11.4. The van der Waals surface area contributed by atoms with Crippen molar-refractivity contribution in [2.75, 3.05) is 46.3 Å². The summed E-state index contributed by atoms with van der Waals surface area (Å²) in [4.78, 5) is 13.7. The highest BCUT2D eigenvalue weighted by Crippen LogP contribution is 2.14. The lowest BCUT2D eigenvalue weighted by atomic mass is 10.2. The van der Waals surface area contributed by atoms with Gasteiger partial charge in [-0.2, -0.15) is 0 Å². The van der Waals surface area contributed by atoms with Gasteiger partial charge < -0.3 is 14.4 Å². The molecule has 0 bridgehead atoms. The summed E-state index contributed by atoms with van der Waals surface area (Å²) in [6, 6.07) is 7.04. The van der Waals surface area contributed by atoms with E-state index in [1.165, 1.54) is 19.1 Å². The fourth-order valence-electron chi connectivity index (χ4n) is 1.98. The molecule has 0 aliphatic rings. The molecule has 8 heteroatoms. The summed E-state index contributed by atoms with van der Waals surface area (Å²) in [7, 11) is -0.478. The van der Waals surface area contributed by atoms with Gasteiger partial charge in [0.05, 0.1) is 19.0 Å². The largest absolute Gasteiger partial charge is 0.383 e. The number of carbonyl (C=O) groups excluding carboxylic acids is 1. The van der Waals surface area contributed by atoms with Crippen molar-refractivity contribution in [3.8, 4) is 0 Å². The van der Waals surface area contributed by atoms with Crippen LogP contribution in [0.1, 0.15) is 5.56 Å². The number of carbonyl (C=O) groups is 1. The van der Waals surface area contributed by atoms with Crippen molar-refractivity contribution in [3.63, 3.8) is 0 Å². The van der Waals surface area contributed by atoms with Crippen LogP contribution in [-0.2, 0) is 29.9 Å². The minimum atomic E-state index is -3.54. The number of halogens is 1. The Bertz CT molecular complexity index is 598. The molecule has 0 heterocycles. The zero-order valence-corrected chi connectivity index (χ0v) is 15.7. The van der Waals surface area contributed by atoms with Gasteiger partial charge in [0.2, 0.25) is 5.91 Å². The molecule has 0 N–H and O–H groups in total. The summed E-state index contributed by atoms with van der Waals surface area (Å²) in [5, 5.41) is 0. The number of sulfone groups is 1. The highest BCUT2D eigenvalue weighted by molar-refractivity contribution is 9.10. The van der Waals surface area contributed by atoms with Crippen LogP contribution in [0.3, 0.4) is 0 Å². The Morgan fingerprint density at radius 3 is 2.30 bits per heavy atom. The van der Waals surface area contributed by atoms with Crippen molar-refractivity contribution in [2.45, 2.75) is 5.75 Å². The Balaban J connectivity index is 2.70. The van der Waals surface area contributed by atoms with E-state index in [9.17, 15) is 13.2 Å². The molecule has 0 radical (unpaired) electrons. The fraction of sp³-hybridized carbons (Fsp3) is 0.533. The predicted octanol–water partition coefficient (Wildman–Crippen LogP) is 1.49. The van der Waals surface area contributed by atoms with E-state index in [1.807, 2.05) is 6.07 Å². The summed E-state index contributed by atoms with van der Waals surface area (Å²) in [6.07, 6.45) is 0. The van der Waals surface area contributed by atoms with Gasteiger partial charge in [0.1, 0.15) is 5.75 Å². The molecule has 0 spiro atoms. The van der Waals surface area contributed by atoms with Crippen LogP contribution >= 0.6 is 15.9 Å². The average Bonchev–Trinajstić information content (AvgIpc) is 2.46. The van der Waals surface area contributed by atoms with Gasteiger partial charge in [0, 0.05) is 31.8 Å². The molecule has 130 valence electrons. The number of rotatable bonds is 10. The standard InChI is InChI=1S/C15H22BrNO5S/c1-21-8-6-17(7-9-22-2)15(18)12-23(19,20)11-13-4-3-5-14(16)10-13/h3-5,10H,6-9,11-12H2,1-2H3. The molecule has 23 heavy (non-hydrogen) atoms. The van der Waals surface area contributed by atoms with Gasteiger partial charge in [-0.1, -0.05) is 28.1 Å². The van der Waals surface area contributed by atoms with Crippen LogP contribution < -0.4 is 0 Å². The van der Waals surface area contributed by atoms with E-state index in [2.05, 4.69) is 15.9 Å². The van der Waals surface area contributed by atoms with Gasteiger partial charge in [-0.3, -0.25) is 4.79 Å². The third kappa shape index (κ3) is 7.92. The van der Waals surface area contributed by atoms with Crippen molar-refractivity contribution >= 4 is 31.7 Å². The number of methoxy groups -OCH3 is 2. The molecule has 0 unspecified atom stereocenters.